The molecule has 90 valence electrons. The first-order valence-corrected chi connectivity index (χ1v) is 5.54. The van der Waals surface area contributed by atoms with Gasteiger partial charge in [-0.05, 0) is 32.8 Å². The lowest BCUT2D eigenvalue weighted by atomic mass is 10.1. The highest BCUT2D eigenvalue weighted by Gasteiger charge is 2.10. The first-order chi connectivity index (χ1) is 7.54. The molecule has 0 saturated heterocycles. The number of nitrogens with one attached hydrogen (secondary N) is 2. The van der Waals surface area contributed by atoms with Gasteiger partial charge in [0.2, 0.25) is 5.91 Å². The lowest BCUT2D eigenvalue weighted by molar-refractivity contribution is -0.121. The SMILES string of the molecule is Cc1n[nH]c(C)c1CCC(=O)NC(C)CN. The first-order valence-electron chi connectivity index (χ1n) is 5.54. The zero-order valence-electron chi connectivity index (χ0n) is 10.1. The minimum Gasteiger partial charge on any atom is -0.352 e. The Hall–Kier alpha value is -1.36. The third-order valence-corrected chi connectivity index (χ3v) is 2.64. The number of aromatic nitrogens is 2. The maximum absolute atomic E-state index is 11.5. The van der Waals surface area contributed by atoms with Crippen molar-refractivity contribution in [1.82, 2.24) is 15.5 Å². The number of carbonyl (C=O) groups is 1. The summed E-state index contributed by atoms with van der Waals surface area (Å²) in [5, 5.41) is 9.84. The highest BCUT2D eigenvalue weighted by molar-refractivity contribution is 5.76. The molecule has 1 rings (SSSR count). The van der Waals surface area contributed by atoms with Crippen molar-refractivity contribution in [2.45, 2.75) is 39.7 Å². The van der Waals surface area contributed by atoms with Crippen LogP contribution in [0, 0.1) is 13.8 Å². The molecule has 0 radical (unpaired) electrons. The zero-order chi connectivity index (χ0) is 12.1. The number of hydrogen-bond donors (Lipinski definition) is 3. The molecule has 1 heterocycles. The van der Waals surface area contributed by atoms with Crippen molar-refractivity contribution >= 4 is 5.91 Å². The fraction of sp³-hybridized carbons (Fsp3) is 0.636. The van der Waals surface area contributed by atoms with Gasteiger partial charge in [0.15, 0.2) is 0 Å². The van der Waals surface area contributed by atoms with Crippen LogP contribution in [-0.4, -0.2) is 28.7 Å². The molecule has 1 amide bonds. The summed E-state index contributed by atoms with van der Waals surface area (Å²) in [4.78, 5) is 11.5. The van der Waals surface area contributed by atoms with Crippen LogP contribution in [0.2, 0.25) is 0 Å². The van der Waals surface area contributed by atoms with Gasteiger partial charge in [-0.1, -0.05) is 0 Å². The summed E-state index contributed by atoms with van der Waals surface area (Å²) in [5.41, 5.74) is 8.57. The normalized spacial score (nSPS) is 12.5. The Bertz CT molecular complexity index is 339. The van der Waals surface area contributed by atoms with Crippen LogP contribution in [0.4, 0.5) is 0 Å². The minimum absolute atomic E-state index is 0.0398. The first kappa shape index (κ1) is 12.7. The molecule has 1 unspecified atom stereocenters. The van der Waals surface area contributed by atoms with Crippen molar-refractivity contribution in [3.8, 4) is 0 Å². The van der Waals surface area contributed by atoms with Crippen molar-refractivity contribution in [3.63, 3.8) is 0 Å². The topological polar surface area (TPSA) is 83.8 Å². The maximum atomic E-state index is 11.5. The molecule has 5 nitrogen and oxygen atoms in total. The van der Waals surface area contributed by atoms with Gasteiger partial charge in [0, 0.05) is 24.7 Å². The van der Waals surface area contributed by atoms with E-state index in [4.69, 9.17) is 5.73 Å². The number of hydrogen-bond acceptors (Lipinski definition) is 3. The third-order valence-electron chi connectivity index (χ3n) is 2.64. The number of nitrogens with zero attached hydrogens (tertiary/aromatic N) is 1. The number of H-pyrrole nitrogens is 1. The Morgan fingerprint density at radius 2 is 2.25 bits per heavy atom. The molecule has 5 heteroatoms. The average Bonchev–Trinajstić information content (AvgIpc) is 2.56. The smallest absolute Gasteiger partial charge is 0.220 e. The molecule has 0 fully saturated rings. The molecule has 0 spiro atoms. The van der Waals surface area contributed by atoms with E-state index in [2.05, 4.69) is 15.5 Å². The molecule has 1 aromatic rings. The molecule has 4 N–H and O–H groups in total. The standard InChI is InChI=1S/C11H20N4O/c1-7(6-12)13-11(16)5-4-10-8(2)14-15-9(10)3/h7H,4-6,12H2,1-3H3,(H,13,16)(H,14,15). The van der Waals surface area contributed by atoms with Crippen LogP contribution in [0.1, 0.15) is 30.3 Å². The summed E-state index contributed by atoms with van der Waals surface area (Å²) in [6, 6.07) is 0.0408. The number of carbonyl (C=O) groups excluding carboxylic acids is 1. The molecular weight excluding hydrogens is 204 g/mol. The van der Waals surface area contributed by atoms with Crippen LogP contribution in [0.15, 0.2) is 0 Å². The molecule has 1 aromatic heterocycles. The van der Waals surface area contributed by atoms with E-state index in [-0.39, 0.29) is 11.9 Å². The van der Waals surface area contributed by atoms with Crippen LogP contribution >= 0.6 is 0 Å². The van der Waals surface area contributed by atoms with Crippen molar-refractivity contribution in [2.75, 3.05) is 6.54 Å². The van der Waals surface area contributed by atoms with E-state index < -0.39 is 0 Å². The number of rotatable bonds is 5. The predicted octanol–water partition coefficient (Wildman–Crippen LogP) is 0.423. The molecule has 0 aliphatic carbocycles. The monoisotopic (exact) mass is 224 g/mol. The van der Waals surface area contributed by atoms with Crippen LogP contribution in [0.25, 0.3) is 0 Å². The Morgan fingerprint density at radius 3 is 2.75 bits per heavy atom. The lowest BCUT2D eigenvalue weighted by Gasteiger charge is -2.10. The van der Waals surface area contributed by atoms with Crippen molar-refractivity contribution < 1.29 is 4.79 Å². The van der Waals surface area contributed by atoms with E-state index in [1.807, 2.05) is 20.8 Å². The van der Waals surface area contributed by atoms with Crippen LogP contribution < -0.4 is 11.1 Å². The fourth-order valence-electron chi connectivity index (χ4n) is 1.59. The summed E-state index contributed by atoms with van der Waals surface area (Å²) in [6.45, 7) is 6.27. The van der Waals surface area contributed by atoms with E-state index in [0.717, 1.165) is 23.4 Å². The van der Waals surface area contributed by atoms with Crippen molar-refractivity contribution in [1.29, 1.82) is 0 Å². The molecule has 0 bridgehead atoms. The van der Waals surface area contributed by atoms with Crippen molar-refractivity contribution in [2.24, 2.45) is 5.73 Å². The average molecular weight is 224 g/mol. The molecule has 0 aromatic carbocycles. The third kappa shape index (κ3) is 3.34. The van der Waals surface area contributed by atoms with Gasteiger partial charge >= 0.3 is 0 Å². The van der Waals surface area contributed by atoms with Crippen molar-refractivity contribution in [3.05, 3.63) is 17.0 Å². The predicted molar refractivity (Wildman–Crippen MR) is 63.0 cm³/mol. The van der Waals surface area contributed by atoms with Crippen LogP contribution in [-0.2, 0) is 11.2 Å². The molecule has 1 atom stereocenters. The van der Waals surface area contributed by atoms with Gasteiger partial charge in [-0.2, -0.15) is 5.10 Å². The largest absolute Gasteiger partial charge is 0.352 e. The minimum atomic E-state index is 0.0398. The van der Waals surface area contributed by atoms with E-state index in [9.17, 15) is 4.79 Å². The van der Waals surface area contributed by atoms with Gasteiger partial charge in [0.05, 0.1) is 5.69 Å². The lowest BCUT2D eigenvalue weighted by Crippen LogP contribution is -2.37. The quantitative estimate of drug-likeness (QED) is 0.678. The van der Waals surface area contributed by atoms with Crippen LogP contribution in [0.5, 0.6) is 0 Å². The zero-order valence-corrected chi connectivity index (χ0v) is 10.1. The Kier molecular flexibility index (Phi) is 4.49. The second kappa shape index (κ2) is 5.65. The molecule has 0 saturated carbocycles. The van der Waals surface area contributed by atoms with E-state index in [1.54, 1.807) is 0 Å². The second-order valence-electron chi connectivity index (χ2n) is 4.12. The summed E-state index contributed by atoms with van der Waals surface area (Å²) >= 11 is 0. The summed E-state index contributed by atoms with van der Waals surface area (Å²) in [5.74, 6) is 0.0398. The molecule has 0 aliphatic rings. The molecule has 0 aliphatic heterocycles. The fourth-order valence-corrected chi connectivity index (χ4v) is 1.59. The number of aryl methyl sites for hydroxylation is 2. The van der Waals surface area contributed by atoms with E-state index in [1.165, 1.54) is 0 Å². The van der Waals surface area contributed by atoms with E-state index in [0.29, 0.717) is 13.0 Å². The highest BCUT2D eigenvalue weighted by atomic mass is 16.1. The Balaban J connectivity index is 2.43. The Morgan fingerprint density at radius 1 is 1.56 bits per heavy atom. The van der Waals surface area contributed by atoms with E-state index >= 15 is 0 Å². The van der Waals surface area contributed by atoms with Gasteiger partial charge < -0.3 is 11.1 Å². The number of amides is 1. The molecular formula is C11H20N4O. The number of nitrogens with two attached hydrogens (primary N) is 1. The number of aromatic amines is 1. The summed E-state index contributed by atoms with van der Waals surface area (Å²) in [7, 11) is 0. The van der Waals surface area contributed by atoms with Gasteiger partial charge in [0.25, 0.3) is 0 Å². The van der Waals surface area contributed by atoms with Gasteiger partial charge in [-0.3, -0.25) is 9.89 Å². The summed E-state index contributed by atoms with van der Waals surface area (Å²) in [6.07, 6.45) is 1.20. The summed E-state index contributed by atoms with van der Waals surface area (Å²) < 4.78 is 0. The van der Waals surface area contributed by atoms with Gasteiger partial charge in [-0.25, -0.2) is 0 Å². The van der Waals surface area contributed by atoms with Crippen LogP contribution in [0.3, 0.4) is 0 Å². The maximum Gasteiger partial charge on any atom is 0.220 e. The highest BCUT2D eigenvalue weighted by Crippen LogP contribution is 2.11. The van der Waals surface area contributed by atoms with Gasteiger partial charge in [-0.15, -0.1) is 0 Å². The Labute approximate surface area is 95.8 Å². The second-order valence-corrected chi connectivity index (χ2v) is 4.12. The van der Waals surface area contributed by atoms with Gasteiger partial charge in [0.1, 0.15) is 0 Å². The molecule has 16 heavy (non-hydrogen) atoms.